The molecule has 4 N–H and O–H groups in total. The van der Waals surface area contributed by atoms with Crippen molar-refractivity contribution >= 4 is 66.6 Å². The Morgan fingerprint density at radius 1 is 0.667 bits per heavy atom. The third-order valence-corrected chi connectivity index (χ3v) is 8.08. The molecule has 0 spiro atoms. The number of nitrogens with one attached hydrogen (secondary N) is 4. The monoisotopic (exact) mass is 619 g/mol. The standard InChI is InChI=1S/C16H11BrN2O.C16H11N3O3/c17-9-5-6-14-11(7-9)12-8-15(20)18-13-4-2-1-3-10(13)16(12)19-14;20-15-8-12-11-7-9(19(21)22)5-6-14(11)18-16(12)10-3-1-2-4-13(10)17-15/h1-7,19H,8H2,(H,18,20);1-7,18H,8H2,(H,17,20). The molecule has 2 aromatic heterocycles. The van der Waals surface area contributed by atoms with E-state index >= 15 is 0 Å². The Hall–Kier alpha value is -5.22. The minimum absolute atomic E-state index is 0.0206. The van der Waals surface area contributed by atoms with Crippen molar-refractivity contribution in [1.29, 1.82) is 0 Å². The maximum absolute atomic E-state index is 12.1. The van der Waals surface area contributed by atoms with Crippen molar-refractivity contribution in [2.24, 2.45) is 0 Å². The number of nitro benzene ring substituents is 1. The van der Waals surface area contributed by atoms with E-state index in [0.29, 0.717) is 6.42 Å². The van der Waals surface area contributed by atoms with Crippen LogP contribution in [0.3, 0.4) is 0 Å². The zero-order chi connectivity index (χ0) is 29.0. The summed E-state index contributed by atoms with van der Waals surface area (Å²) in [5, 5.41) is 18.6. The largest absolute Gasteiger partial charge is 0.354 e. The molecule has 0 fully saturated rings. The van der Waals surface area contributed by atoms with Crippen LogP contribution in [0.5, 0.6) is 0 Å². The van der Waals surface area contributed by atoms with Gasteiger partial charge in [-0.3, -0.25) is 19.7 Å². The fourth-order valence-electron chi connectivity index (χ4n) is 5.73. The van der Waals surface area contributed by atoms with Crippen LogP contribution in [-0.2, 0) is 22.4 Å². The van der Waals surface area contributed by atoms with Crippen molar-refractivity contribution < 1.29 is 14.5 Å². The molecule has 4 aromatic carbocycles. The van der Waals surface area contributed by atoms with Gasteiger partial charge >= 0.3 is 0 Å². The van der Waals surface area contributed by atoms with Crippen molar-refractivity contribution in [2.45, 2.75) is 12.8 Å². The number of fused-ring (bicyclic) bond motifs is 10. The summed E-state index contributed by atoms with van der Waals surface area (Å²) in [6.45, 7) is 0. The molecule has 10 heteroatoms. The number of hydrogen-bond acceptors (Lipinski definition) is 4. The number of non-ortho nitro benzene ring substituents is 1. The fraction of sp³-hybridized carbons (Fsp3) is 0.0625. The van der Waals surface area contributed by atoms with E-state index < -0.39 is 4.92 Å². The maximum Gasteiger partial charge on any atom is 0.270 e. The predicted molar refractivity (Wildman–Crippen MR) is 166 cm³/mol. The molecule has 2 aliphatic rings. The summed E-state index contributed by atoms with van der Waals surface area (Å²) >= 11 is 3.50. The number of H-pyrrole nitrogens is 2. The van der Waals surface area contributed by atoms with E-state index in [1.807, 2.05) is 60.7 Å². The molecule has 0 unspecified atom stereocenters. The zero-order valence-corrected chi connectivity index (χ0v) is 23.5. The van der Waals surface area contributed by atoms with Gasteiger partial charge in [0, 0.05) is 49.5 Å². The number of nitro groups is 1. The molecule has 42 heavy (non-hydrogen) atoms. The molecule has 0 saturated heterocycles. The van der Waals surface area contributed by atoms with Gasteiger partial charge in [-0.05, 0) is 47.5 Å². The lowest BCUT2D eigenvalue weighted by Crippen LogP contribution is -2.12. The third kappa shape index (κ3) is 4.42. The van der Waals surface area contributed by atoms with Crippen LogP contribution in [0.15, 0.2) is 89.4 Å². The molecule has 2 aliphatic heterocycles. The van der Waals surface area contributed by atoms with Gasteiger partial charge in [-0.15, -0.1) is 0 Å². The summed E-state index contributed by atoms with van der Waals surface area (Å²) in [5.41, 5.74) is 9.13. The van der Waals surface area contributed by atoms with Crippen molar-refractivity contribution in [3.05, 3.63) is 111 Å². The van der Waals surface area contributed by atoms with Crippen molar-refractivity contribution in [2.75, 3.05) is 10.6 Å². The minimum Gasteiger partial charge on any atom is -0.354 e. The molecule has 8 rings (SSSR count). The van der Waals surface area contributed by atoms with Crippen LogP contribution >= 0.6 is 15.9 Å². The number of para-hydroxylation sites is 2. The van der Waals surface area contributed by atoms with Crippen LogP contribution in [0.4, 0.5) is 17.1 Å². The average Bonchev–Trinajstić information content (AvgIpc) is 3.41. The number of nitrogens with zero attached hydrogens (tertiary/aromatic N) is 1. The van der Waals surface area contributed by atoms with Crippen LogP contribution in [-0.4, -0.2) is 26.7 Å². The second-order valence-electron chi connectivity index (χ2n) is 10.2. The molecule has 0 atom stereocenters. The second-order valence-corrected chi connectivity index (χ2v) is 11.1. The van der Waals surface area contributed by atoms with E-state index in [0.717, 1.165) is 71.3 Å². The van der Waals surface area contributed by atoms with E-state index in [4.69, 9.17) is 0 Å². The van der Waals surface area contributed by atoms with Gasteiger partial charge in [0.15, 0.2) is 0 Å². The number of benzene rings is 4. The summed E-state index contributed by atoms with van der Waals surface area (Å²) < 4.78 is 1.02. The lowest BCUT2D eigenvalue weighted by Gasteiger charge is -2.05. The molecule has 6 aromatic rings. The van der Waals surface area contributed by atoms with Gasteiger partial charge in [0.25, 0.3) is 5.69 Å². The summed E-state index contributed by atoms with van der Waals surface area (Å²) in [4.78, 5) is 41.5. The number of amides is 2. The van der Waals surface area contributed by atoms with E-state index in [1.54, 1.807) is 6.07 Å². The molecule has 2 amide bonds. The Morgan fingerprint density at radius 2 is 1.17 bits per heavy atom. The van der Waals surface area contributed by atoms with Crippen molar-refractivity contribution in [1.82, 2.24) is 9.97 Å². The minimum atomic E-state index is -0.427. The summed E-state index contributed by atoms with van der Waals surface area (Å²) in [7, 11) is 0. The second kappa shape index (κ2) is 10.0. The molecule has 0 aliphatic carbocycles. The summed E-state index contributed by atoms with van der Waals surface area (Å²) in [5.74, 6) is -0.101. The lowest BCUT2D eigenvalue weighted by molar-refractivity contribution is -0.384. The highest BCUT2D eigenvalue weighted by atomic mass is 79.9. The summed E-state index contributed by atoms with van der Waals surface area (Å²) in [6, 6.07) is 26.2. The summed E-state index contributed by atoms with van der Waals surface area (Å²) in [6.07, 6.45) is 0.575. The fourth-order valence-corrected chi connectivity index (χ4v) is 6.09. The van der Waals surface area contributed by atoms with Gasteiger partial charge in [0.05, 0.1) is 40.5 Å². The Labute approximate surface area is 247 Å². The number of carbonyl (C=O) groups excluding carboxylic acids is 2. The molecule has 206 valence electrons. The number of halogens is 1. The average molecular weight is 620 g/mol. The molecule has 0 bridgehead atoms. The van der Waals surface area contributed by atoms with Crippen LogP contribution in [0.2, 0.25) is 0 Å². The maximum atomic E-state index is 12.1. The van der Waals surface area contributed by atoms with Gasteiger partial charge in [-0.25, -0.2) is 0 Å². The highest BCUT2D eigenvalue weighted by molar-refractivity contribution is 9.10. The molecule has 0 radical (unpaired) electrons. The number of hydrogen-bond donors (Lipinski definition) is 4. The Bertz CT molecular complexity index is 2090. The first-order valence-electron chi connectivity index (χ1n) is 13.2. The van der Waals surface area contributed by atoms with E-state index in [1.165, 1.54) is 12.1 Å². The Balaban J connectivity index is 0.000000138. The number of aromatic amines is 2. The van der Waals surface area contributed by atoms with Crippen LogP contribution in [0.1, 0.15) is 11.1 Å². The molecular weight excluding hydrogens is 598 g/mol. The van der Waals surface area contributed by atoms with Crippen LogP contribution in [0.25, 0.3) is 44.3 Å². The zero-order valence-electron chi connectivity index (χ0n) is 22.0. The van der Waals surface area contributed by atoms with Gasteiger partial charge in [0.2, 0.25) is 11.8 Å². The topological polar surface area (TPSA) is 133 Å². The molecule has 9 nitrogen and oxygen atoms in total. The third-order valence-electron chi connectivity index (χ3n) is 7.58. The lowest BCUT2D eigenvalue weighted by atomic mass is 10.0. The van der Waals surface area contributed by atoms with Crippen molar-refractivity contribution in [3.63, 3.8) is 0 Å². The Kier molecular flexibility index (Phi) is 6.13. The number of anilines is 2. The van der Waals surface area contributed by atoms with Gasteiger partial charge in [-0.2, -0.15) is 0 Å². The molecule has 4 heterocycles. The predicted octanol–water partition coefficient (Wildman–Crippen LogP) is 7.33. The first-order valence-corrected chi connectivity index (χ1v) is 14.0. The van der Waals surface area contributed by atoms with E-state index in [9.17, 15) is 19.7 Å². The number of rotatable bonds is 1. The Morgan fingerprint density at radius 3 is 1.71 bits per heavy atom. The van der Waals surface area contributed by atoms with Crippen LogP contribution < -0.4 is 10.6 Å². The van der Waals surface area contributed by atoms with E-state index in [-0.39, 0.29) is 23.9 Å². The highest BCUT2D eigenvalue weighted by Gasteiger charge is 2.24. The van der Waals surface area contributed by atoms with E-state index in [2.05, 4.69) is 42.6 Å². The smallest absolute Gasteiger partial charge is 0.270 e. The first kappa shape index (κ1) is 25.7. The quantitative estimate of drug-likeness (QED) is 0.113. The first-order chi connectivity index (χ1) is 20.4. The molecule has 0 saturated carbocycles. The van der Waals surface area contributed by atoms with Gasteiger partial charge < -0.3 is 20.6 Å². The normalized spacial score (nSPS) is 13.4. The van der Waals surface area contributed by atoms with Gasteiger partial charge in [-0.1, -0.05) is 52.3 Å². The van der Waals surface area contributed by atoms with Crippen LogP contribution in [0, 0.1) is 10.1 Å². The molecular formula is C32H22BrN5O4. The number of aromatic nitrogens is 2. The highest BCUT2D eigenvalue weighted by Crippen LogP contribution is 2.39. The number of carbonyl (C=O) groups is 2. The SMILES string of the molecule is O=C1Cc2c([nH]c3ccc(Br)cc23)-c2ccccc2N1.O=C1Cc2c([nH]c3ccc([N+](=O)[O-])cc23)-c2ccccc2N1. The van der Waals surface area contributed by atoms with Crippen molar-refractivity contribution in [3.8, 4) is 22.5 Å². The van der Waals surface area contributed by atoms with Gasteiger partial charge in [0.1, 0.15) is 0 Å².